The second-order valence-corrected chi connectivity index (χ2v) is 6.96. The summed E-state index contributed by atoms with van der Waals surface area (Å²) in [6.45, 7) is 1.09. The van der Waals surface area contributed by atoms with E-state index in [-0.39, 0.29) is 0 Å². The van der Waals surface area contributed by atoms with Crippen molar-refractivity contribution in [2.75, 3.05) is 5.88 Å². The standard InChI is InChI=1S/C15H18ClIN2/c16-8-6-15-18-13-10-12(17)4-5-14(13)19(15)9-7-11-2-1-3-11/h4-5,10-11H,1-3,6-9H2. The molecule has 2 nitrogen and oxygen atoms in total. The summed E-state index contributed by atoms with van der Waals surface area (Å²) in [5.74, 6) is 2.72. The van der Waals surface area contributed by atoms with Crippen molar-refractivity contribution in [3.05, 3.63) is 27.6 Å². The van der Waals surface area contributed by atoms with E-state index < -0.39 is 0 Å². The number of imidazole rings is 1. The zero-order chi connectivity index (χ0) is 13.2. The van der Waals surface area contributed by atoms with Crippen LogP contribution in [0.15, 0.2) is 18.2 Å². The van der Waals surface area contributed by atoms with Crippen molar-refractivity contribution < 1.29 is 0 Å². The molecule has 3 rings (SSSR count). The fraction of sp³-hybridized carbons (Fsp3) is 0.533. The Morgan fingerprint density at radius 3 is 2.89 bits per heavy atom. The van der Waals surface area contributed by atoms with Crippen LogP contribution in [0.5, 0.6) is 0 Å². The van der Waals surface area contributed by atoms with Gasteiger partial charge in [-0.25, -0.2) is 4.98 Å². The van der Waals surface area contributed by atoms with Gasteiger partial charge in [-0.3, -0.25) is 0 Å². The van der Waals surface area contributed by atoms with E-state index >= 15 is 0 Å². The zero-order valence-corrected chi connectivity index (χ0v) is 13.8. The molecule has 1 saturated carbocycles. The number of alkyl halides is 1. The molecule has 0 atom stereocenters. The first-order valence-electron chi connectivity index (χ1n) is 6.98. The van der Waals surface area contributed by atoms with Gasteiger partial charge in [-0.1, -0.05) is 19.3 Å². The van der Waals surface area contributed by atoms with Crippen molar-refractivity contribution >= 4 is 45.2 Å². The van der Waals surface area contributed by atoms with Gasteiger partial charge in [0.15, 0.2) is 0 Å². The van der Waals surface area contributed by atoms with Crippen LogP contribution >= 0.6 is 34.2 Å². The van der Waals surface area contributed by atoms with E-state index in [4.69, 9.17) is 16.6 Å². The van der Waals surface area contributed by atoms with Crippen LogP contribution < -0.4 is 0 Å². The van der Waals surface area contributed by atoms with Crippen molar-refractivity contribution in [2.45, 2.75) is 38.6 Å². The van der Waals surface area contributed by atoms with Gasteiger partial charge in [0.05, 0.1) is 11.0 Å². The number of halogens is 2. The van der Waals surface area contributed by atoms with Crippen LogP contribution in [0.4, 0.5) is 0 Å². The SMILES string of the molecule is ClCCc1nc2cc(I)ccc2n1CCC1CCC1. The molecule has 1 aliphatic rings. The average molecular weight is 389 g/mol. The predicted molar refractivity (Wildman–Crippen MR) is 88.8 cm³/mol. The molecule has 0 unspecified atom stereocenters. The average Bonchev–Trinajstić information content (AvgIpc) is 2.65. The molecule has 0 spiro atoms. The molecule has 1 heterocycles. The molecular formula is C15H18ClIN2. The molecular weight excluding hydrogens is 371 g/mol. The van der Waals surface area contributed by atoms with Crippen molar-refractivity contribution in [1.82, 2.24) is 9.55 Å². The van der Waals surface area contributed by atoms with Gasteiger partial charge >= 0.3 is 0 Å². The summed E-state index contributed by atoms with van der Waals surface area (Å²) in [5, 5.41) is 0. The molecule has 102 valence electrons. The lowest BCUT2D eigenvalue weighted by Gasteiger charge is -2.25. The Labute approximate surface area is 132 Å². The number of hydrogen-bond acceptors (Lipinski definition) is 1. The monoisotopic (exact) mass is 388 g/mol. The number of hydrogen-bond donors (Lipinski definition) is 0. The van der Waals surface area contributed by atoms with E-state index in [9.17, 15) is 0 Å². The molecule has 1 aromatic carbocycles. The van der Waals surface area contributed by atoms with Crippen LogP contribution in [-0.4, -0.2) is 15.4 Å². The summed E-state index contributed by atoms with van der Waals surface area (Å²) in [6, 6.07) is 6.52. The van der Waals surface area contributed by atoms with E-state index in [1.165, 1.54) is 34.8 Å². The number of aryl methyl sites for hydroxylation is 2. The van der Waals surface area contributed by atoms with Gasteiger partial charge in [-0.05, 0) is 53.1 Å². The van der Waals surface area contributed by atoms with Gasteiger partial charge in [-0.2, -0.15) is 0 Å². The van der Waals surface area contributed by atoms with E-state index in [1.807, 2.05) is 0 Å². The lowest BCUT2D eigenvalue weighted by Crippen LogP contribution is -2.15. The first-order chi connectivity index (χ1) is 9.28. The van der Waals surface area contributed by atoms with Crippen LogP contribution in [0.1, 0.15) is 31.5 Å². The molecule has 1 aromatic heterocycles. The highest BCUT2D eigenvalue weighted by atomic mass is 127. The Morgan fingerprint density at radius 1 is 1.37 bits per heavy atom. The largest absolute Gasteiger partial charge is 0.328 e. The van der Waals surface area contributed by atoms with Gasteiger partial charge in [-0.15, -0.1) is 11.6 Å². The summed E-state index contributed by atoms with van der Waals surface area (Å²) < 4.78 is 3.62. The maximum Gasteiger partial charge on any atom is 0.111 e. The smallest absolute Gasteiger partial charge is 0.111 e. The second kappa shape index (κ2) is 6.00. The molecule has 0 saturated heterocycles. The zero-order valence-electron chi connectivity index (χ0n) is 10.9. The van der Waals surface area contributed by atoms with Crippen molar-refractivity contribution in [2.24, 2.45) is 5.92 Å². The number of nitrogens with zero attached hydrogens (tertiary/aromatic N) is 2. The Morgan fingerprint density at radius 2 is 2.21 bits per heavy atom. The van der Waals surface area contributed by atoms with Crippen molar-refractivity contribution in [1.29, 1.82) is 0 Å². The highest BCUT2D eigenvalue weighted by molar-refractivity contribution is 14.1. The van der Waals surface area contributed by atoms with Crippen LogP contribution in [0, 0.1) is 9.49 Å². The number of benzene rings is 1. The topological polar surface area (TPSA) is 17.8 Å². The fourth-order valence-electron chi connectivity index (χ4n) is 2.77. The third-order valence-electron chi connectivity index (χ3n) is 4.09. The Balaban J connectivity index is 1.90. The summed E-state index contributed by atoms with van der Waals surface area (Å²) in [6.07, 6.45) is 6.39. The molecule has 4 heteroatoms. The third-order valence-corrected chi connectivity index (χ3v) is 4.95. The molecule has 1 aliphatic carbocycles. The van der Waals surface area contributed by atoms with Gasteiger partial charge in [0.25, 0.3) is 0 Å². The Kier molecular flexibility index (Phi) is 4.32. The van der Waals surface area contributed by atoms with Crippen LogP contribution in [0.2, 0.25) is 0 Å². The predicted octanol–water partition coefficient (Wildman–Crippen LogP) is 4.61. The number of aromatic nitrogens is 2. The third kappa shape index (κ3) is 2.92. The first-order valence-corrected chi connectivity index (χ1v) is 8.60. The Hall–Kier alpha value is -0.290. The quantitative estimate of drug-likeness (QED) is 0.540. The molecule has 0 bridgehead atoms. The highest BCUT2D eigenvalue weighted by Crippen LogP contribution is 2.30. The molecule has 2 aromatic rings. The van der Waals surface area contributed by atoms with Crippen LogP contribution in [-0.2, 0) is 13.0 Å². The molecule has 0 aliphatic heterocycles. The summed E-state index contributed by atoms with van der Waals surface area (Å²) >= 11 is 8.26. The lowest BCUT2D eigenvalue weighted by atomic mass is 9.83. The maximum absolute atomic E-state index is 5.91. The number of fused-ring (bicyclic) bond motifs is 1. The van der Waals surface area contributed by atoms with Crippen molar-refractivity contribution in [3.8, 4) is 0 Å². The number of rotatable bonds is 5. The van der Waals surface area contributed by atoms with Gasteiger partial charge in [0, 0.05) is 22.4 Å². The fourth-order valence-corrected chi connectivity index (χ4v) is 3.41. The molecule has 19 heavy (non-hydrogen) atoms. The summed E-state index contributed by atoms with van der Waals surface area (Å²) in [5.41, 5.74) is 2.38. The normalized spacial score (nSPS) is 15.9. The summed E-state index contributed by atoms with van der Waals surface area (Å²) in [4.78, 5) is 4.76. The van der Waals surface area contributed by atoms with Gasteiger partial charge < -0.3 is 4.57 Å². The maximum atomic E-state index is 5.91. The van der Waals surface area contributed by atoms with Crippen LogP contribution in [0.3, 0.4) is 0 Å². The summed E-state index contributed by atoms with van der Waals surface area (Å²) in [7, 11) is 0. The molecule has 0 amide bonds. The van der Waals surface area contributed by atoms with E-state index in [0.717, 1.165) is 30.2 Å². The minimum absolute atomic E-state index is 0.643. The van der Waals surface area contributed by atoms with Gasteiger partial charge in [0.2, 0.25) is 0 Å². The molecule has 0 radical (unpaired) electrons. The van der Waals surface area contributed by atoms with E-state index in [0.29, 0.717) is 5.88 Å². The van der Waals surface area contributed by atoms with Crippen LogP contribution in [0.25, 0.3) is 11.0 Å². The Bertz CT molecular complexity index is 575. The van der Waals surface area contributed by atoms with E-state index in [2.05, 4.69) is 45.4 Å². The second-order valence-electron chi connectivity index (χ2n) is 5.34. The first kappa shape index (κ1) is 13.7. The van der Waals surface area contributed by atoms with E-state index in [1.54, 1.807) is 0 Å². The van der Waals surface area contributed by atoms with Crippen molar-refractivity contribution in [3.63, 3.8) is 0 Å². The molecule has 1 fully saturated rings. The lowest BCUT2D eigenvalue weighted by molar-refractivity contribution is 0.282. The highest BCUT2D eigenvalue weighted by Gasteiger charge is 2.18. The van der Waals surface area contributed by atoms with Gasteiger partial charge in [0.1, 0.15) is 5.82 Å². The minimum Gasteiger partial charge on any atom is -0.328 e. The molecule has 0 N–H and O–H groups in total. The minimum atomic E-state index is 0.643.